The molecule has 0 aromatic heterocycles. The van der Waals surface area contributed by atoms with E-state index in [2.05, 4.69) is 4.72 Å². The van der Waals surface area contributed by atoms with Crippen molar-refractivity contribution in [1.29, 1.82) is 0 Å². The van der Waals surface area contributed by atoms with Crippen LogP contribution in [0.2, 0.25) is 0 Å². The minimum absolute atomic E-state index is 0.0367. The smallest absolute Gasteiger partial charge is 0.240 e. The molecule has 0 heterocycles. The lowest BCUT2D eigenvalue weighted by molar-refractivity contribution is 0.273. The number of rotatable bonds is 5. The highest BCUT2D eigenvalue weighted by Gasteiger charge is 2.36. The van der Waals surface area contributed by atoms with E-state index in [0.717, 1.165) is 6.42 Å². The van der Waals surface area contributed by atoms with Gasteiger partial charge in [0.15, 0.2) is 0 Å². The molecule has 2 unspecified atom stereocenters. The van der Waals surface area contributed by atoms with Gasteiger partial charge in [-0.05, 0) is 30.5 Å². The monoisotopic (exact) mass is 271 g/mol. The number of ether oxygens (including phenoxy) is 1. The Morgan fingerprint density at radius 3 is 2.67 bits per heavy atom. The topological polar surface area (TPSA) is 75.6 Å². The summed E-state index contributed by atoms with van der Waals surface area (Å²) in [4.78, 5) is 0.159. The van der Waals surface area contributed by atoms with Crippen LogP contribution in [0.15, 0.2) is 23.1 Å². The van der Waals surface area contributed by atoms with Crippen molar-refractivity contribution in [3.8, 4) is 5.75 Å². The molecule has 0 saturated heterocycles. The molecule has 6 heteroatoms. The van der Waals surface area contributed by atoms with Gasteiger partial charge in [0.2, 0.25) is 10.0 Å². The van der Waals surface area contributed by atoms with Gasteiger partial charge in [0.25, 0.3) is 0 Å². The summed E-state index contributed by atoms with van der Waals surface area (Å²) >= 11 is 0. The standard InChI is InChI=1S/C12H17NO4S/c1-8-5-11(8)13-18(15,16)10-3-4-12(17-2)9(6-10)7-14/h3-4,6,8,11,13-14H,5,7H2,1-2H3. The number of benzene rings is 1. The molecule has 5 nitrogen and oxygen atoms in total. The Bertz CT molecular complexity index is 541. The lowest BCUT2D eigenvalue weighted by Crippen LogP contribution is -2.26. The Labute approximate surface area is 107 Å². The van der Waals surface area contributed by atoms with Crippen LogP contribution in [0.3, 0.4) is 0 Å². The summed E-state index contributed by atoms with van der Waals surface area (Å²) in [6.45, 7) is 1.74. The van der Waals surface area contributed by atoms with Gasteiger partial charge >= 0.3 is 0 Å². The zero-order valence-electron chi connectivity index (χ0n) is 10.4. The van der Waals surface area contributed by atoms with Crippen molar-refractivity contribution in [3.63, 3.8) is 0 Å². The summed E-state index contributed by atoms with van der Waals surface area (Å²) in [6.07, 6.45) is 0.877. The Balaban J connectivity index is 2.27. The van der Waals surface area contributed by atoms with Crippen molar-refractivity contribution in [2.75, 3.05) is 7.11 Å². The molecule has 2 atom stereocenters. The van der Waals surface area contributed by atoms with E-state index in [0.29, 0.717) is 17.2 Å². The molecule has 0 radical (unpaired) electrons. The Hall–Kier alpha value is -1.11. The van der Waals surface area contributed by atoms with Gasteiger partial charge in [-0.3, -0.25) is 0 Å². The van der Waals surface area contributed by atoms with Crippen LogP contribution in [0.4, 0.5) is 0 Å². The first-order valence-corrected chi connectivity index (χ1v) is 7.26. The van der Waals surface area contributed by atoms with Crippen molar-refractivity contribution in [2.45, 2.75) is 30.9 Å². The molecular formula is C12H17NO4S. The molecule has 1 saturated carbocycles. The van der Waals surface area contributed by atoms with Crippen molar-refractivity contribution in [2.24, 2.45) is 5.92 Å². The summed E-state index contributed by atoms with van der Waals surface area (Å²) in [6, 6.07) is 4.51. The highest BCUT2D eigenvalue weighted by atomic mass is 32.2. The van der Waals surface area contributed by atoms with Crippen LogP contribution < -0.4 is 9.46 Å². The summed E-state index contributed by atoms with van der Waals surface area (Å²) in [5, 5.41) is 9.18. The zero-order chi connectivity index (χ0) is 13.3. The van der Waals surface area contributed by atoms with Gasteiger partial charge in [-0.15, -0.1) is 0 Å². The number of methoxy groups -OCH3 is 1. The van der Waals surface area contributed by atoms with Crippen LogP contribution >= 0.6 is 0 Å². The van der Waals surface area contributed by atoms with E-state index in [1.807, 2.05) is 6.92 Å². The van der Waals surface area contributed by atoms with E-state index in [1.54, 1.807) is 6.07 Å². The average Bonchev–Trinajstić information content (AvgIpc) is 3.02. The average molecular weight is 271 g/mol. The van der Waals surface area contributed by atoms with E-state index >= 15 is 0 Å². The van der Waals surface area contributed by atoms with Crippen LogP contribution in [0.5, 0.6) is 5.75 Å². The molecule has 1 fully saturated rings. The van der Waals surface area contributed by atoms with Crippen LogP contribution in [0.25, 0.3) is 0 Å². The van der Waals surface area contributed by atoms with E-state index in [1.165, 1.54) is 19.2 Å². The van der Waals surface area contributed by atoms with E-state index < -0.39 is 10.0 Å². The molecule has 2 N–H and O–H groups in total. The molecule has 0 aliphatic heterocycles. The normalized spacial score (nSPS) is 22.8. The Morgan fingerprint density at radius 2 is 2.17 bits per heavy atom. The van der Waals surface area contributed by atoms with Crippen LogP contribution in [-0.2, 0) is 16.6 Å². The molecule has 0 amide bonds. The van der Waals surface area contributed by atoms with Crippen molar-refractivity contribution < 1.29 is 18.3 Å². The minimum Gasteiger partial charge on any atom is -0.496 e. The fourth-order valence-electron chi connectivity index (χ4n) is 1.80. The maximum absolute atomic E-state index is 12.1. The number of aliphatic hydroxyl groups is 1. The summed E-state index contributed by atoms with van der Waals surface area (Å²) in [7, 11) is -2.03. The molecule has 0 bridgehead atoms. The molecular weight excluding hydrogens is 254 g/mol. The van der Waals surface area contributed by atoms with Crippen LogP contribution in [-0.4, -0.2) is 26.7 Å². The van der Waals surface area contributed by atoms with Gasteiger partial charge in [-0.1, -0.05) is 6.92 Å². The number of hydrogen-bond acceptors (Lipinski definition) is 4. The lowest BCUT2D eigenvalue weighted by Gasteiger charge is -2.10. The fourth-order valence-corrected chi connectivity index (χ4v) is 3.21. The van der Waals surface area contributed by atoms with Gasteiger partial charge in [-0.25, -0.2) is 13.1 Å². The predicted molar refractivity (Wildman–Crippen MR) is 66.8 cm³/mol. The van der Waals surface area contributed by atoms with E-state index in [-0.39, 0.29) is 17.5 Å². The number of sulfonamides is 1. The zero-order valence-corrected chi connectivity index (χ0v) is 11.2. The third kappa shape index (κ3) is 2.66. The Morgan fingerprint density at radius 1 is 1.50 bits per heavy atom. The molecule has 18 heavy (non-hydrogen) atoms. The highest BCUT2D eigenvalue weighted by Crippen LogP contribution is 2.31. The second kappa shape index (κ2) is 4.87. The Kier molecular flexibility index (Phi) is 3.61. The molecule has 2 rings (SSSR count). The second-order valence-corrected chi connectivity index (χ2v) is 6.29. The van der Waals surface area contributed by atoms with Gasteiger partial charge in [-0.2, -0.15) is 0 Å². The van der Waals surface area contributed by atoms with Crippen molar-refractivity contribution in [3.05, 3.63) is 23.8 Å². The third-order valence-corrected chi connectivity index (χ3v) is 4.64. The van der Waals surface area contributed by atoms with Crippen molar-refractivity contribution in [1.82, 2.24) is 4.72 Å². The summed E-state index contributed by atoms with van der Waals surface area (Å²) in [5.41, 5.74) is 0.462. The molecule has 100 valence electrons. The number of hydrogen-bond donors (Lipinski definition) is 2. The number of nitrogens with one attached hydrogen (secondary N) is 1. The largest absolute Gasteiger partial charge is 0.496 e. The second-order valence-electron chi connectivity index (χ2n) is 4.57. The quantitative estimate of drug-likeness (QED) is 0.833. The molecule has 1 aliphatic rings. The third-order valence-electron chi connectivity index (χ3n) is 3.15. The molecule has 1 aromatic carbocycles. The SMILES string of the molecule is COc1ccc(S(=O)(=O)NC2CC2C)cc1CO. The molecule has 0 spiro atoms. The number of aliphatic hydroxyl groups excluding tert-OH is 1. The van der Waals surface area contributed by atoms with Crippen LogP contribution in [0, 0.1) is 5.92 Å². The first-order chi connectivity index (χ1) is 8.47. The van der Waals surface area contributed by atoms with Gasteiger partial charge in [0.05, 0.1) is 18.6 Å². The van der Waals surface area contributed by atoms with Crippen molar-refractivity contribution >= 4 is 10.0 Å². The molecule has 1 aromatic rings. The first kappa shape index (κ1) is 13.3. The van der Waals surface area contributed by atoms with E-state index in [9.17, 15) is 13.5 Å². The van der Waals surface area contributed by atoms with Gasteiger partial charge in [0.1, 0.15) is 5.75 Å². The summed E-state index contributed by atoms with van der Waals surface area (Å²) < 4.78 is 31.8. The highest BCUT2D eigenvalue weighted by molar-refractivity contribution is 7.89. The first-order valence-electron chi connectivity index (χ1n) is 5.78. The minimum atomic E-state index is -3.50. The van der Waals surface area contributed by atoms with E-state index in [4.69, 9.17) is 4.74 Å². The van der Waals surface area contributed by atoms with Gasteiger partial charge < -0.3 is 9.84 Å². The molecule has 1 aliphatic carbocycles. The maximum atomic E-state index is 12.1. The fraction of sp³-hybridized carbons (Fsp3) is 0.500. The summed E-state index contributed by atoms with van der Waals surface area (Å²) in [5.74, 6) is 0.881. The van der Waals surface area contributed by atoms with Gasteiger partial charge in [0, 0.05) is 11.6 Å². The maximum Gasteiger partial charge on any atom is 0.240 e. The lowest BCUT2D eigenvalue weighted by atomic mass is 10.2. The predicted octanol–water partition coefficient (Wildman–Crippen LogP) is 0.874. The van der Waals surface area contributed by atoms with Crippen LogP contribution in [0.1, 0.15) is 18.9 Å².